The number of amides is 1. The lowest BCUT2D eigenvalue weighted by atomic mass is 9.89. The van der Waals surface area contributed by atoms with E-state index >= 15 is 0 Å². The Labute approximate surface area is 161 Å². The van der Waals surface area contributed by atoms with E-state index in [4.69, 9.17) is 9.47 Å². The van der Waals surface area contributed by atoms with Crippen LogP contribution in [-0.2, 0) is 14.3 Å². The van der Waals surface area contributed by atoms with Crippen molar-refractivity contribution >= 4 is 17.6 Å². The van der Waals surface area contributed by atoms with Gasteiger partial charge in [0.15, 0.2) is 0 Å². The Morgan fingerprint density at radius 3 is 2.56 bits per heavy atom. The number of esters is 1. The van der Waals surface area contributed by atoms with E-state index in [9.17, 15) is 9.59 Å². The zero-order valence-corrected chi connectivity index (χ0v) is 16.7. The van der Waals surface area contributed by atoms with E-state index in [2.05, 4.69) is 4.98 Å². The first kappa shape index (κ1) is 20.9. The van der Waals surface area contributed by atoms with Crippen molar-refractivity contribution < 1.29 is 19.1 Å². The molecule has 1 saturated heterocycles. The molecule has 1 aromatic rings. The third kappa shape index (κ3) is 7.04. The summed E-state index contributed by atoms with van der Waals surface area (Å²) >= 11 is 0. The van der Waals surface area contributed by atoms with E-state index in [1.54, 1.807) is 23.4 Å². The number of aromatic nitrogens is 1. The first-order chi connectivity index (χ1) is 12.8. The molecule has 1 aromatic heterocycles. The van der Waals surface area contributed by atoms with Gasteiger partial charge in [-0.1, -0.05) is 6.07 Å². The molecule has 1 aliphatic heterocycles. The maximum absolute atomic E-state index is 12.2. The van der Waals surface area contributed by atoms with Crippen LogP contribution in [0.15, 0.2) is 30.6 Å². The summed E-state index contributed by atoms with van der Waals surface area (Å²) in [5.41, 5.74) is 1.41. The molecule has 6 nitrogen and oxygen atoms in total. The van der Waals surface area contributed by atoms with Gasteiger partial charge in [0.1, 0.15) is 5.60 Å². The fourth-order valence-corrected chi connectivity index (χ4v) is 3.14. The molecule has 0 bridgehead atoms. The Morgan fingerprint density at radius 1 is 1.30 bits per heavy atom. The number of carbonyl (C=O) groups is 2. The van der Waals surface area contributed by atoms with Gasteiger partial charge >= 0.3 is 12.1 Å². The van der Waals surface area contributed by atoms with Crippen molar-refractivity contribution in [2.45, 2.75) is 52.1 Å². The lowest BCUT2D eigenvalue weighted by molar-refractivity contribution is -0.134. The maximum Gasteiger partial charge on any atom is 0.410 e. The zero-order valence-electron chi connectivity index (χ0n) is 16.7. The molecule has 0 N–H and O–H groups in total. The molecule has 27 heavy (non-hydrogen) atoms. The molecule has 0 aliphatic carbocycles. The van der Waals surface area contributed by atoms with E-state index < -0.39 is 5.60 Å². The topological polar surface area (TPSA) is 68.7 Å². The molecule has 0 saturated carbocycles. The molecule has 2 heterocycles. The predicted octanol–water partition coefficient (Wildman–Crippen LogP) is 4.07. The van der Waals surface area contributed by atoms with E-state index in [-0.39, 0.29) is 12.1 Å². The number of likely N-dealkylation sites (tertiary alicyclic amines) is 1. The molecule has 0 unspecified atom stereocenters. The molecule has 2 rings (SSSR count). The highest BCUT2D eigenvalue weighted by Gasteiger charge is 2.26. The predicted molar refractivity (Wildman–Crippen MR) is 104 cm³/mol. The van der Waals surface area contributed by atoms with Gasteiger partial charge in [0.05, 0.1) is 7.11 Å². The van der Waals surface area contributed by atoms with Gasteiger partial charge < -0.3 is 14.4 Å². The minimum atomic E-state index is -0.467. The lowest BCUT2D eigenvalue weighted by Gasteiger charge is -2.33. The first-order valence-electron chi connectivity index (χ1n) is 9.45. The molecule has 0 spiro atoms. The van der Waals surface area contributed by atoms with Crippen LogP contribution in [0.1, 0.15) is 52.0 Å². The van der Waals surface area contributed by atoms with Crippen LogP contribution in [0.2, 0.25) is 0 Å². The van der Waals surface area contributed by atoms with Crippen LogP contribution in [0.25, 0.3) is 5.57 Å². The number of allylic oxidation sites excluding steroid dienone is 1. The van der Waals surface area contributed by atoms with Crippen molar-refractivity contribution in [3.05, 3.63) is 36.2 Å². The summed E-state index contributed by atoms with van der Waals surface area (Å²) in [4.78, 5) is 29.8. The third-order valence-corrected chi connectivity index (χ3v) is 4.61. The molecule has 0 radical (unpaired) electrons. The van der Waals surface area contributed by atoms with Crippen LogP contribution in [0.4, 0.5) is 4.79 Å². The van der Waals surface area contributed by atoms with Crippen LogP contribution < -0.4 is 0 Å². The molecular formula is C21H30N2O4. The van der Waals surface area contributed by atoms with Gasteiger partial charge in [0.25, 0.3) is 0 Å². The molecule has 1 fully saturated rings. The number of nitrogens with zero attached hydrogens (tertiary/aromatic N) is 2. The summed E-state index contributed by atoms with van der Waals surface area (Å²) in [6.07, 6.45) is 8.41. The van der Waals surface area contributed by atoms with E-state index in [0.29, 0.717) is 19.0 Å². The summed E-state index contributed by atoms with van der Waals surface area (Å²) in [6.45, 7) is 7.06. The fraction of sp³-hybridized carbons (Fsp3) is 0.571. The molecule has 6 heteroatoms. The highest BCUT2D eigenvalue weighted by molar-refractivity contribution is 5.91. The second-order valence-electron chi connectivity index (χ2n) is 7.88. The lowest BCUT2D eigenvalue weighted by Crippen LogP contribution is -2.41. The van der Waals surface area contributed by atoms with Crippen LogP contribution in [0, 0.1) is 5.92 Å². The Bertz CT molecular complexity index is 657. The zero-order chi connectivity index (χ0) is 19.9. The van der Waals surface area contributed by atoms with Gasteiger partial charge in [-0.3, -0.25) is 4.98 Å². The van der Waals surface area contributed by atoms with Crippen molar-refractivity contribution in [2.24, 2.45) is 5.92 Å². The van der Waals surface area contributed by atoms with Gasteiger partial charge in [-0.25, -0.2) is 9.59 Å². The number of pyridine rings is 1. The SMILES string of the molecule is COC(=O)C=C(CCC1CCN(C(=O)OC(C)(C)C)CC1)c1cccnc1. The molecule has 148 valence electrons. The summed E-state index contributed by atoms with van der Waals surface area (Å²) in [5, 5.41) is 0. The molecule has 1 amide bonds. The largest absolute Gasteiger partial charge is 0.466 e. The molecule has 0 aromatic carbocycles. The van der Waals surface area contributed by atoms with Crippen LogP contribution in [0.5, 0.6) is 0 Å². The summed E-state index contributed by atoms with van der Waals surface area (Å²) < 4.78 is 10.2. The Morgan fingerprint density at radius 2 is 2.00 bits per heavy atom. The van der Waals surface area contributed by atoms with Crippen molar-refractivity contribution in [1.29, 1.82) is 0 Å². The van der Waals surface area contributed by atoms with Crippen LogP contribution in [0.3, 0.4) is 0 Å². The smallest absolute Gasteiger partial charge is 0.410 e. The van der Waals surface area contributed by atoms with Gasteiger partial charge in [-0.2, -0.15) is 0 Å². The fourth-order valence-electron chi connectivity index (χ4n) is 3.14. The van der Waals surface area contributed by atoms with Gasteiger partial charge in [-0.15, -0.1) is 0 Å². The third-order valence-electron chi connectivity index (χ3n) is 4.61. The summed E-state index contributed by atoms with van der Waals surface area (Å²) in [6, 6.07) is 3.81. The second kappa shape index (κ2) is 9.53. The number of methoxy groups -OCH3 is 1. The highest BCUT2D eigenvalue weighted by atomic mass is 16.6. The number of carbonyl (C=O) groups excluding carboxylic acids is 2. The minimum absolute atomic E-state index is 0.234. The second-order valence-corrected chi connectivity index (χ2v) is 7.88. The van der Waals surface area contributed by atoms with E-state index in [0.717, 1.165) is 36.8 Å². The van der Waals surface area contributed by atoms with E-state index in [1.807, 2.05) is 32.9 Å². The van der Waals surface area contributed by atoms with Gasteiger partial charge in [-0.05, 0) is 69.6 Å². The van der Waals surface area contributed by atoms with Crippen LogP contribution in [-0.4, -0.2) is 47.7 Å². The number of hydrogen-bond acceptors (Lipinski definition) is 5. The van der Waals surface area contributed by atoms with Crippen molar-refractivity contribution in [2.75, 3.05) is 20.2 Å². The number of hydrogen-bond donors (Lipinski definition) is 0. The Hall–Kier alpha value is -2.37. The molecule has 1 aliphatic rings. The summed E-state index contributed by atoms with van der Waals surface area (Å²) in [7, 11) is 1.38. The highest BCUT2D eigenvalue weighted by Crippen LogP contribution is 2.28. The van der Waals surface area contributed by atoms with Gasteiger partial charge in [0.2, 0.25) is 0 Å². The Balaban J connectivity index is 1.89. The molecule has 0 atom stereocenters. The maximum atomic E-state index is 12.2. The normalized spacial score (nSPS) is 16.1. The number of piperidine rings is 1. The average Bonchev–Trinajstić information content (AvgIpc) is 2.64. The van der Waals surface area contributed by atoms with Crippen molar-refractivity contribution in [3.8, 4) is 0 Å². The average molecular weight is 374 g/mol. The minimum Gasteiger partial charge on any atom is -0.466 e. The quantitative estimate of drug-likeness (QED) is 0.574. The summed E-state index contributed by atoms with van der Waals surface area (Å²) in [5.74, 6) is 0.162. The van der Waals surface area contributed by atoms with Crippen molar-refractivity contribution in [1.82, 2.24) is 9.88 Å². The van der Waals surface area contributed by atoms with Gasteiger partial charge in [0, 0.05) is 31.6 Å². The monoisotopic (exact) mass is 374 g/mol. The van der Waals surface area contributed by atoms with Crippen molar-refractivity contribution in [3.63, 3.8) is 0 Å². The number of rotatable bonds is 5. The molecular weight excluding hydrogens is 344 g/mol. The number of ether oxygens (including phenoxy) is 2. The van der Waals surface area contributed by atoms with E-state index in [1.165, 1.54) is 7.11 Å². The first-order valence-corrected chi connectivity index (χ1v) is 9.45. The standard InChI is InChI=1S/C21H30N2O4/c1-21(2,3)27-20(25)23-12-9-16(10-13-23)7-8-17(14-19(24)26-4)18-6-5-11-22-15-18/h5-6,11,14-16H,7-10,12-13H2,1-4H3. The van der Waals surface area contributed by atoms with Crippen LogP contribution >= 0.6 is 0 Å². The Kier molecular flexibility index (Phi) is 7.39.